The van der Waals surface area contributed by atoms with E-state index in [1.54, 1.807) is 0 Å². The number of carbonyl (C=O) groups is 2. The minimum atomic E-state index is -1.56. The van der Waals surface area contributed by atoms with Gasteiger partial charge in [0.25, 0.3) is 0 Å². The highest BCUT2D eigenvalue weighted by Gasteiger charge is 2.27. The topological polar surface area (TPSA) is 63.6 Å². The summed E-state index contributed by atoms with van der Waals surface area (Å²) in [6, 6.07) is 9.54. The van der Waals surface area contributed by atoms with Gasteiger partial charge in [0.2, 0.25) is 0 Å². The third kappa shape index (κ3) is 9.64. The molecule has 47 heavy (non-hydrogen) atoms. The van der Waals surface area contributed by atoms with Crippen LogP contribution < -0.4 is 4.74 Å². The molecule has 0 heterocycles. The van der Waals surface area contributed by atoms with Crippen molar-refractivity contribution in [1.29, 1.82) is 0 Å². The van der Waals surface area contributed by atoms with Crippen molar-refractivity contribution in [3.8, 4) is 5.75 Å². The van der Waals surface area contributed by atoms with E-state index >= 15 is 0 Å². The number of ether oxygens (including phenoxy) is 1. The van der Waals surface area contributed by atoms with Gasteiger partial charge in [0, 0.05) is 2.85 Å². The van der Waals surface area contributed by atoms with Crippen LogP contribution in [0.4, 0.5) is 22.0 Å². The van der Waals surface area contributed by atoms with Crippen molar-refractivity contribution in [2.45, 2.75) is 103 Å². The summed E-state index contributed by atoms with van der Waals surface area (Å²) in [5.74, 6) is -5.25. The molecular weight excluding hydrogens is 615 g/mol. The molecule has 0 unspecified atom stereocenters. The van der Waals surface area contributed by atoms with Crippen LogP contribution in [-0.4, -0.2) is 17.0 Å². The lowest BCUT2D eigenvalue weighted by molar-refractivity contribution is 0.0683. The monoisotopic (exact) mass is 662 g/mol. The summed E-state index contributed by atoms with van der Waals surface area (Å²) in [6.45, 7) is 4.34. The lowest BCUT2D eigenvalue weighted by atomic mass is 9.77. The molecule has 2 saturated carbocycles. The van der Waals surface area contributed by atoms with Gasteiger partial charge in [-0.05, 0) is 135 Å². The summed E-state index contributed by atoms with van der Waals surface area (Å²) in [7, 11) is 0. The Morgan fingerprint density at radius 1 is 0.660 bits per heavy atom. The Morgan fingerprint density at radius 2 is 1.04 bits per heavy atom. The molecule has 0 bridgehead atoms. The highest BCUT2D eigenvalue weighted by molar-refractivity contribution is 5.91. The fourth-order valence-electron chi connectivity index (χ4n) is 7.10. The predicted molar refractivity (Wildman–Crippen MR) is 174 cm³/mol. The van der Waals surface area contributed by atoms with E-state index in [0.717, 1.165) is 75.8 Å². The molecule has 0 aliphatic heterocycles. The first-order chi connectivity index (χ1) is 22.5. The number of carboxylic acid groups (broad SMARTS) is 1. The van der Waals surface area contributed by atoms with Gasteiger partial charge in [-0.15, -0.1) is 0 Å². The van der Waals surface area contributed by atoms with E-state index in [2.05, 4.69) is 13.8 Å². The summed E-state index contributed by atoms with van der Waals surface area (Å²) in [4.78, 5) is 22.9. The largest absolute Gasteiger partial charge is 0.477 e. The van der Waals surface area contributed by atoms with Gasteiger partial charge < -0.3 is 9.84 Å². The fraction of sp³-hybridized carbons (Fsp3) is 0.474. The van der Waals surface area contributed by atoms with Crippen LogP contribution in [0, 0.1) is 40.9 Å². The summed E-state index contributed by atoms with van der Waals surface area (Å²) < 4.78 is 74.2. The van der Waals surface area contributed by atoms with Crippen molar-refractivity contribution >= 4 is 11.9 Å². The standard InChI is InChI=1S/C22H23F3O2.C16H20F2O2.2H2/c1-2-3-14-4-6-15(7-5-14)16-12-19(24)21(20(25)13-16)22(26)27-18-10-8-17(23)9-11-18;1-2-3-10-4-6-11(7-5-10)12-8-13(17)15(16(19)20)14(18)9-12;;/h8-15H,2-7H2,1H3;8-11H,2-7H2,1H3,(H,19,20);2*1H. The number of aromatic carboxylic acids is 1. The number of hydrogen-bond acceptors (Lipinski definition) is 3. The minimum Gasteiger partial charge on any atom is -0.477 e. The first kappa shape index (κ1) is 36.1. The van der Waals surface area contributed by atoms with Crippen LogP contribution in [0.2, 0.25) is 0 Å². The first-order valence-corrected chi connectivity index (χ1v) is 16.7. The summed E-state index contributed by atoms with van der Waals surface area (Å²) in [6.07, 6.45) is 12.7. The maximum absolute atomic E-state index is 14.5. The lowest BCUT2D eigenvalue weighted by Crippen LogP contribution is -2.16. The molecule has 0 spiro atoms. The van der Waals surface area contributed by atoms with E-state index in [-0.39, 0.29) is 20.4 Å². The van der Waals surface area contributed by atoms with Gasteiger partial charge in [-0.2, -0.15) is 0 Å². The van der Waals surface area contributed by atoms with E-state index in [9.17, 15) is 31.5 Å². The van der Waals surface area contributed by atoms with E-state index < -0.39 is 52.2 Å². The Balaban J connectivity index is 0.000000340. The molecule has 9 heteroatoms. The Kier molecular flexibility index (Phi) is 13.0. The van der Waals surface area contributed by atoms with Crippen LogP contribution in [0.5, 0.6) is 5.75 Å². The normalized spacial score (nSPS) is 21.0. The van der Waals surface area contributed by atoms with Crippen LogP contribution in [0.3, 0.4) is 0 Å². The Morgan fingerprint density at radius 3 is 1.40 bits per heavy atom. The molecule has 3 aromatic rings. The maximum Gasteiger partial charge on any atom is 0.349 e. The van der Waals surface area contributed by atoms with Gasteiger partial charge in [-0.25, -0.2) is 31.5 Å². The zero-order chi connectivity index (χ0) is 34.1. The molecule has 0 radical (unpaired) electrons. The van der Waals surface area contributed by atoms with Crippen LogP contribution in [0.15, 0.2) is 48.5 Å². The molecule has 0 amide bonds. The van der Waals surface area contributed by atoms with Crippen molar-refractivity contribution in [3.63, 3.8) is 0 Å². The molecule has 0 saturated heterocycles. The van der Waals surface area contributed by atoms with Crippen molar-refractivity contribution in [1.82, 2.24) is 0 Å². The van der Waals surface area contributed by atoms with Crippen LogP contribution in [0.25, 0.3) is 0 Å². The molecule has 5 rings (SSSR count). The zero-order valence-corrected chi connectivity index (χ0v) is 27.0. The van der Waals surface area contributed by atoms with Gasteiger partial charge >= 0.3 is 11.9 Å². The fourth-order valence-corrected chi connectivity index (χ4v) is 7.10. The van der Waals surface area contributed by atoms with Gasteiger partial charge in [-0.1, -0.05) is 39.5 Å². The average molecular weight is 663 g/mol. The predicted octanol–water partition coefficient (Wildman–Crippen LogP) is 11.6. The third-order valence-electron chi connectivity index (χ3n) is 9.60. The second-order valence-corrected chi connectivity index (χ2v) is 12.9. The van der Waals surface area contributed by atoms with Crippen molar-refractivity contribution < 1.29 is 44.2 Å². The number of halogens is 5. The van der Waals surface area contributed by atoms with Gasteiger partial charge in [0.1, 0.15) is 46.0 Å². The maximum atomic E-state index is 14.5. The number of hydrogen-bond donors (Lipinski definition) is 1. The molecule has 4 nitrogen and oxygen atoms in total. The smallest absolute Gasteiger partial charge is 0.349 e. The molecule has 258 valence electrons. The molecular formula is C38H47F5O4. The number of esters is 1. The van der Waals surface area contributed by atoms with Crippen molar-refractivity contribution in [2.75, 3.05) is 0 Å². The molecule has 2 aliphatic carbocycles. The van der Waals surface area contributed by atoms with Gasteiger partial charge in [0.15, 0.2) is 0 Å². The number of rotatable bonds is 9. The van der Waals surface area contributed by atoms with Crippen LogP contribution in [0.1, 0.15) is 137 Å². The Hall–Kier alpha value is -3.75. The first-order valence-electron chi connectivity index (χ1n) is 16.7. The second kappa shape index (κ2) is 16.9. The van der Waals surface area contributed by atoms with Gasteiger partial charge in [-0.3, -0.25) is 0 Å². The minimum absolute atomic E-state index is 0. The Bertz CT molecular complexity index is 1470. The molecule has 0 atom stereocenters. The number of carboxylic acids is 1. The summed E-state index contributed by atoms with van der Waals surface area (Å²) in [5.41, 5.74) is -0.380. The highest BCUT2D eigenvalue weighted by atomic mass is 19.1. The lowest BCUT2D eigenvalue weighted by Gasteiger charge is -2.28. The molecule has 3 aromatic carbocycles. The van der Waals surface area contributed by atoms with Crippen LogP contribution >= 0.6 is 0 Å². The molecule has 2 aliphatic rings. The second-order valence-electron chi connectivity index (χ2n) is 12.9. The van der Waals surface area contributed by atoms with E-state index in [1.807, 2.05) is 0 Å². The number of benzene rings is 3. The van der Waals surface area contributed by atoms with E-state index in [4.69, 9.17) is 9.84 Å². The highest BCUT2D eigenvalue weighted by Crippen LogP contribution is 2.39. The van der Waals surface area contributed by atoms with Crippen LogP contribution in [-0.2, 0) is 0 Å². The van der Waals surface area contributed by atoms with Crippen molar-refractivity contribution in [2.24, 2.45) is 11.8 Å². The zero-order valence-electron chi connectivity index (χ0n) is 27.0. The van der Waals surface area contributed by atoms with E-state index in [0.29, 0.717) is 17.0 Å². The summed E-state index contributed by atoms with van der Waals surface area (Å²) in [5, 5.41) is 8.76. The van der Waals surface area contributed by atoms with Crippen molar-refractivity contribution in [3.05, 3.63) is 99.9 Å². The van der Waals surface area contributed by atoms with Gasteiger partial charge in [0.05, 0.1) is 0 Å². The third-order valence-corrected chi connectivity index (χ3v) is 9.60. The quantitative estimate of drug-likeness (QED) is 0.141. The molecule has 2 fully saturated rings. The SMILES string of the molecule is CCCC1CCC(c2cc(F)c(C(=O)O)c(F)c2)CC1.CCCC1CCC(c2cc(F)c(C(=O)Oc3ccc(F)cc3)c(F)c2)CC1.[HH].[HH]. The molecule has 1 N–H and O–H groups in total. The molecule has 0 aromatic heterocycles. The van der Waals surface area contributed by atoms with E-state index in [1.165, 1.54) is 55.7 Å². The summed E-state index contributed by atoms with van der Waals surface area (Å²) >= 11 is 0. The average Bonchev–Trinajstić information content (AvgIpc) is 3.03. The Labute approximate surface area is 276 Å². The number of carbonyl (C=O) groups excluding carboxylic acids is 1.